The van der Waals surface area contributed by atoms with Crippen molar-refractivity contribution in [2.45, 2.75) is 0 Å². The normalized spacial score (nSPS) is 11.6. The lowest BCUT2D eigenvalue weighted by Gasteiger charge is -2.19. The van der Waals surface area contributed by atoms with Crippen LogP contribution in [0.2, 0.25) is 0 Å². The predicted molar refractivity (Wildman–Crippen MR) is 417 cm³/mol. The molecule has 2 heterocycles. The van der Waals surface area contributed by atoms with Gasteiger partial charge in [0.1, 0.15) is 11.6 Å². The van der Waals surface area contributed by atoms with Crippen LogP contribution in [0.5, 0.6) is 0 Å². The van der Waals surface area contributed by atoms with Crippen LogP contribution in [-0.4, -0.2) is 19.1 Å². The fourth-order valence-corrected chi connectivity index (χ4v) is 15.6. The number of imidazole rings is 2. The molecule has 5 nitrogen and oxygen atoms in total. The fraction of sp³-hybridized carbons (Fsp3) is 0. The SMILES string of the molecule is N#Cc1ccc2c(c1)nc(-c1cccc(-c3c4ccccc4c(-c4ccc5ccccc5c4)c4ccccc34)c1)n2-c1cccc(-c2cccc(-c3c(-c4ccccc4)nc(-c4ccccc4)n3-c3ccc(-c4c5ccccc5c(-c5ccc6ccccc6c5)c5ccccc45)cc3)c2)c1. The van der Waals surface area contributed by atoms with Crippen LogP contribution in [0, 0.1) is 11.3 Å². The molecule has 0 amide bonds. The monoisotopic (exact) mass is 1270 g/mol. The van der Waals surface area contributed by atoms with E-state index in [0.717, 1.165) is 90.0 Å². The third kappa shape index (κ3) is 9.77. The van der Waals surface area contributed by atoms with Crippen LogP contribution in [0.3, 0.4) is 0 Å². The Bertz CT molecular complexity index is 6420. The Labute approximate surface area is 578 Å². The van der Waals surface area contributed by atoms with Crippen molar-refractivity contribution in [2.75, 3.05) is 0 Å². The lowest BCUT2D eigenvalue weighted by Crippen LogP contribution is -2.01. The molecule has 0 aliphatic carbocycles. The summed E-state index contributed by atoms with van der Waals surface area (Å²) in [4.78, 5) is 11.1. The Hall–Kier alpha value is -13.5. The summed E-state index contributed by atoms with van der Waals surface area (Å²) in [7, 11) is 0. The van der Waals surface area contributed by atoms with Crippen LogP contribution in [-0.2, 0) is 0 Å². The van der Waals surface area contributed by atoms with Gasteiger partial charge < -0.3 is 0 Å². The van der Waals surface area contributed by atoms with Crippen LogP contribution in [0.15, 0.2) is 358 Å². The number of benzene rings is 17. The van der Waals surface area contributed by atoms with Crippen LogP contribution < -0.4 is 0 Å². The van der Waals surface area contributed by atoms with Gasteiger partial charge in [0.15, 0.2) is 0 Å². The maximum Gasteiger partial charge on any atom is 0.145 e. The van der Waals surface area contributed by atoms with Gasteiger partial charge in [-0.2, -0.15) is 5.26 Å². The van der Waals surface area contributed by atoms with Crippen LogP contribution in [0.1, 0.15) is 5.56 Å². The molecule has 0 aliphatic rings. The molecule has 0 saturated heterocycles. The second-order valence-electron chi connectivity index (χ2n) is 25.9. The van der Waals surface area contributed by atoms with Gasteiger partial charge in [0.2, 0.25) is 0 Å². The van der Waals surface area contributed by atoms with Crippen molar-refractivity contribution in [1.29, 1.82) is 5.26 Å². The third-order valence-electron chi connectivity index (χ3n) is 20.1. The first-order chi connectivity index (χ1) is 49.5. The molecule has 19 aromatic rings. The van der Waals surface area contributed by atoms with Gasteiger partial charge in [-0.25, -0.2) is 9.97 Å². The molecule has 0 spiro atoms. The van der Waals surface area contributed by atoms with E-state index in [1.54, 1.807) is 0 Å². The van der Waals surface area contributed by atoms with Gasteiger partial charge in [-0.1, -0.05) is 291 Å². The molecule has 0 radical (unpaired) electrons. The molecule has 0 saturated carbocycles. The second-order valence-corrected chi connectivity index (χ2v) is 25.9. The minimum Gasteiger partial charge on any atom is -0.292 e. The molecule has 5 heteroatoms. The summed E-state index contributed by atoms with van der Waals surface area (Å²) in [6, 6.07) is 131. The average molecular weight is 1270 g/mol. The number of fused-ring (bicyclic) bond motifs is 7. The molecule has 0 aliphatic heterocycles. The summed E-state index contributed by atoms with van der Waals surface area (Å²) in [5, 5.41) is 24.7. The van der Waals surface area contributed by atoms with Crippen molar-refractivity contribution < 1.29 is 0 Å². The van der Waals surface area contributed by atoms with E-state index in [2.05, 4.69) is 355 Å². The standard InChI is InChI=1S/C95H59N5/c96-60-61-44-53-87-86(54-61)97-95(75-34-20-32-71(58-75)89-82-40-15-17-42-84(82)91(85-43-18-16-41-83(85)89)73-48-46-63-23-8-10-29-68(63)56-73)99(87)77-35-21-31-70(59-77)69-30-19-33-74(57-69)93-92(65-24-3-1-4-25-65)98-94(66-26-5-2-6-27-66)100(93)76-51-49-64(50-52-76)88-78-36-11-13-38-80(78)90(81-39-14-12-37-79(81)88)72-47-45-62-22-7-9-28-67(62)55-72/h1-59H. The fourth-order valence-electron chi connectivity index (χ4n) is 15.6. The lowest BCUT2D eigenvalue weighted by molar-refractivity contribution is 1.07. The highest BCUT2D eigenvalue weighted by atomic mass is 15.1. The Morgan fingerprint density at radius 2 is 0.640 bits per heavy atom. The van der Waals surface area contributed by atoms with Gasteiger partial charge in [0.25, 0.3) is 0 Å². The molecule has 100 heavy (non-hydrogen) atoms. The quantitative estimate of drug-likeness (QED) is 0.121. The Morgan fingerprint density at radius 3 is 1.18 bits per heavy atom. The summed E-state index contributed by atoms with van der Waals surface area (Å²) < 4.78 is 4.61. The maximum absolute atomic E-state index is 10.3. The van der Waals surface area contributed by atoms with Crippen molar-refractivity contribution in [3.05, 3.63) is 363 Å². The highest BCUT2D eigenvalue weighted by Gasteiger charge is 2.26. The molecular weight excluding hydrogens is 1210 g/mol. The smallest absolute Gasteiger partial charge is 0.145 e. The zero-order chi connectivity index (χ0) is 66.2. The molecule has 0 atom stereocenters. The highest BCUT2D eigenvalue weighted by molar-refractivity contribution is 6.23. The predicted octanol–water partition coefficient (Wildman–Crippen LogP) is 25.0. The summed E-state index contributed by atoms with van der Waals surface area (Å²) >= 11 is 0. The van der Waals surface area contributed by atoms with Gasteiger partial charge in [0, 0.05) is 33.6 Å². The minimum atomic E-state index is 0.554. The Kier molecular flexibility index (Phi) is 13.9. The topological polar surface area (TPSA) is 59.4 Å². The molecule has 464 valence electrons. The van der Waals surface area contributed by atoms with Gasteiger partial charge in [-0.05, 0) is 187 Å². The summed E-state index contributed by atoms with van der Waals surface area (Å²) in [5.74, 6) is 1.61. The molecule has 0 N–H and O–H groups in total. The maximum atomic E-state index is 10.3. The largest absolute Gasteiger partial charge is 0.292 e. The number of hydrogen-bond donors (Lipinski definition) is 0. The average Bonchev–Trinajstić information content (AvgIpc) is 0.817. The highest BCUT2D eigenvalue weighted by Crippen LogP contribution is 2.48. The summed E-state index contributed by atoms with van der Waals surface area (Å²) in [5.41, 5.74) is 21.5. The third-order valence-corrected chi connectivity index (χ3v) is 20.1. The Balaban J connectivity index is 0.744. The van der Waals surface area contributed by atoms with Crippen LogP contribution in [0.25, 0.3) is 188 Å². The van der Waals surface area contributed by atoms with Crippen molar-refractivity contribution in [2.24, 2.45) is 0 Å². The van der Waals surface area contributed by atoms with E-state index in [0.29, 0.717) is 5.56 Å². The molecule has 0 bridgehead atoms. The number of nitrogens with zero attached hydrogens (tertiary/aromatic N) is 5. The van der Waals surface area contributed by atoms with E-state index < -0.39 is 0 Å². The van der Waals surface area contributed by atoms with Gasteiger partial charge in [-0.3, -0.25) is 9.13 Å². The van der Waals surface area contributed by atoms with Crippen molar-refractivity contribution >= 4 is 75.7 Å². The first-order valence-electron chi connectivity index (χ1n) is 34.0. The second kappa shape index (κ2) is 24.0. The molecule has 0 fully saturated rings. The Morgan fingerprint density at radius 1 is 0.240 bits per heavy atom. The van der Waals surface area contributed by atoms with E-state index in [4.69, 9.17) is 9.97 Å². The van der Waals surface area contributed by atoms with Gasteiger partial charge in [0.05, 0.1) is 34.1 Å². The van der Waals surface area contributed by atoms with E-state index in [9.17, 15) is 5.26 Å². The van der Waals surface area contributed by atoms with Crippen molar-refractivity contribution in [3.8, 4) is 118 Å². The molecule has 2 aromatic heterocycles. The van der Waals surface area contributed by atoms with E-state index in [1.165, 1.54) is 98.0 Å². The number of nitriles is 1. The molecule has 17 aromatic carbocycles. The zero-order valence-corrected chi connectivity index (χ0v) is 54.3. The van der Waals surface area contributed by atoms with E-state index in [-0.39, 0.29) is 0 Å². The zero-order valence-electron chi connectivity index (χ0n) is 54.3. The van der Waals surface area contributed by atoms with Gasteiger partial charge in [-0.15, -0.1) is 0 Å². The van der Waals surface area contributed by atoms with Crippen LogP contribution >= 0.6 is 0 Å². The van der Waals surface area contributed by atoms with Crippen LogP contribution in [0.4, 0.5) is 0 Å². The van der Waals surface area contributed by atoms with Crippen molar-refractivity contribution in [3.63, 3.8) is 0 Å². The summed E-state index contributed by atoms with van der Waals surface area (Å²) in [6.07, 6.45) is 0. The van der Waals surface area contributed by atoms with E-state index in [1.807, 2.05) is 18.2 Å². The molecule has 19 rings (SSSR count). The van der Waals surface area contributed by atoms with E-state index >= 15 is 0 Å². The van der Waals surface area contributed by atoms with Crippen molar-refractivity contribution in [1.82, 2.24) is 19.1 Å². The number of hydrogen-bond acceptors (Lipinski definition) is 3. The first kappa shape index (κ1) is 57.9. The lowest BCUT2D eigenvalue weighted by atomic mass is 9.85. The summed E-state index contributed by atoms with van der Waals surface area (Å²) in [6.45, 7) is 0. The molecule has 0 unspecified atom stereocenters. The number of rotatable bonds is 11. The molecular formula is C95H59N5. The first-order valence-corrected chi connectivity index (χ1v) is 34.0. The number of aromatic nitrogens is 4. The minimum absolute atomic E-state index is 0.554. The van der Waals surface area contributed by atoms with Gasteiger partial charge >= 0.3 is 0 Å².